The summed E-state index contributed by atoms with van der Waals surface area (Å²) in [5.41, 5.74) is 8.64. The Kier molecular flexibility index (Phi) is 18.3. The average Bonchev–Trinajstić information content (AvgIpc) is 2.86. The summed E-state index contributed by atoms with van der Waals surface area (Å²) in [5.74, 6) is 0.450. The van der Waals surface area contributed by atoms with Gasteiger partial charge >= 0.3 is 0 Å². The maximum absolute atomic E-state index is 7.24. The molecule has 0 fully saturated rings. The summed E-state index contributed by atoms with van der Waals surface area (Å²) in [6, 6.07) is 15.8. The van der Waals surface area contributed by atoms with Crippen LogP contribution >= 0.6 is 12.4 Å². The third-order valence-electron chi connectivity index (χ3n) is 8.17. The zero-order valence-corrected chi connectivity index (χ0v) is 24.9. The average molecular weight is 516 g/mol. The molecule has 1 nitrogen and oxygen atoms in total. The van der Waals surface area contributed by atoms with E-state index in [0.717, 1.165) is 25.7 Å². The molecule has 206 valence electrons. The molecule has 2 N–H and O–H groups in total. The zero-order chi connectivity index (χ0) is 25.2. The zero-order valence-electron chi connectivity index (χ0n) is 24.0. The predicted octanol–water partition coefficient (Wildman–Crippen LogP) is 11.5. The summed E-state index contributed by atoms with van der Waals surface area (Å²) in [7, 11) is 0. The van der Waals surface area contributed by atoms with Crippen molar-refractivity contribution < 1.29 is 0 Å². The van der Waals surface area contributed by atoms with Gasteiger partial charge in [-0.3, -0.25) is 0 Å². The van der Waals surface area contributed by atoms with Crippen LogP contribution in [0.3, 0.4) is 0 Å². The Labute approximate surface area is 230 Å². The van der Waals surface area contributed by atoms with Gasteiger partial charge in [-0.2, -0.15) is 0 Å². The van der Waals surface area contributed by atoms with E-state index < -0.39 is 0 Å². The Hall–Kier alpha value is -1.05. The first-order valence-electron chi connectivity index (χ1n) is 15.4. The van der Waals surface area contributed by atoms with Gasteiger partial charge in [-0.15, -0.1) is 12.4 Å². The summed E-state index contributed by atoms with van der Waals surface area (Å²) in [6.45, 7) is 6.89. The van der Waals surface area contributed by atoms with Gasteiger partial charge in [-0.25, -0.2) is 0 Å². The number of nitrogens with two attached hydrogens (primary N) is 1. The first kappa shape index (κ1) is 33.0. The minimum absolute atomic E-state index is 0. The fraction of sp³-hybridized carbons (Fsp3) is 0.706. The number of hydrogen-bond acceptors (Lipinski definition) is 1. The van der Waals surface area contributed by atoms with Crippen molar-refractivity contribution in [3.8, 4) is 0 Å². The van der Waals surface area contributed by atoms with Gasteiger partial charge in [0.05, 0.1) is 0 Å². The SMILES string of the molecule is CCCCCCCCCCCCCCCCC(c1cccc2ccccc12)C(N)(CCC)CCC.Cl. The largest absolute Gasteiger partial charge is 0.325 e. The fourth-order valence-electron chi connectivity index (χ4n) is 6.25. The highest BCUT2D eigenvalue weighted by molar-refractivity contribution is 5.86. The second kappa shape index (κ2) is 20.0. The van der Waals surface area contributed by atoms with Gasteiger partial charge in [0.25, 0.3) is 0 Å². The van der Waals surface area contributed by atoms with Gasteiger partial charge in [-0.05, 0) is 35.6 Å². The lowest BCUT2D eigenvalue weighted by Gasteiger charge is -2.39. The van der Waals surface area contributed by atoms with Crippen molar-refractivity contribution in [2.45, 2.75) is 154 Å². The van der Waals surface area contributed by atoms with E-state index in [2.05, 4.69) is 63.2 Å². The van der Waals surface area contributed by atoms with E-state index in [0.29, 0.717) is 5.92 Å². The van der Waals surface area contributed by atoms with Crippen molar-refractivity contribution in [3.63, 3.8) is 0 Å². The molecule has 0 aliphatic heterocycles. The maximum atomic E-state index is 7.24. The molecule has 2 aromatic rings. The summed E-state index contributed by atoms with van der Waals surface area (Å²) >= 11 is 0. The summed E-state index contributed by atoms with van der Waals surface area (Å²) < 4.78 is 0. The van der Waals surface area contributed by atoms with Gasteiger partial charge in [0, 0.05) is 11.5 Å². The van der Waals surface area contributed by atoms with Crippen molar-refractivity contribution in [3.05, 3.63) is 48.0 Å². The summed E-state index contributed by atoms with van der Waals surface area (Å²) in [4.78, 5) is 0. The van der Waals surface area contributed by atoms with Crippen molar-refractivity contribution in [2.24, 2.45) is 5.73 Å². The molecule has 0 saturated heterocycles. The molecular formula is C34H58ClN. The highest BCUT2D eigenvalue weighted by Gasteiger charge is 2.34. The van der Waals surface area contributed by atoms with Gasteiger partial charge in [0.1, 0.15) is 0 Å². The number of benzene rings is 2. The first-order valence-corrected chi connectivity index (χ1v) is 15.4. The fourth-order valence-corrected chi connectivity index (χ4v) is 6.25. The van der Waals surface area contributed by atoms with Crippen LogP contribution in [0.5, 0.6) is 0 Å². The number of rotatable bonds is 21. The molecule has 0 heterocycles. The molecule has 0 saturated carbocycles. The van der Waals surface area contributed by atoms with Crippen LogP contribution in [-0.4, -0.2) is 5.54 Å². The molecule has 0 aromatic heterocycles. The van der Waals surface area contributed by atoms with E-state index in [9.17, 15) is 0 Å². The Balaban J connectivity index is 0.00000648. The lowest BCUT2D eigenvalue weighted by molar-refractivity contribution is 0.276. The molecule has 2 rings (SSSR count). The van der Waals surface area contributed by atoms with E-state index in [1.807, 2.05) is 0 Å². The molecule has 0 aliphatic rings. The van der Waals surface area contributed by atoms with Gasteiger partial charge in [-0.1, -0.05) is 166 Å². The van der Waals surface area contributed by atoms with E-state index in [1.165, 1.54) is 113 Å². The van der Waals surface area contributed by atoms with Gasteiger partial charge in [0.15, 0.2) is 0 Å². The molecular weight excluding hydrogens is 458 g/mol. The van der Waals surface area contributed by atoms with Crippen molar-refractivity contribution in [1.29, 1.82) is 0 Å². The van der Waals surface area contributed by atoms with E-state index in [-0.39, 0.29) is 17.9 Å². The molecule has 0 radical (unpaired) electrons. The second-order valence-corrected chi connectivity index (χ2v) is 11.2. The topological polar surface area (TPSA) is 26.0 Å². The van der Waals surface area contributed by atoms with Crippen LogP contribution in [0.4, 0.5) is 0 Å². The Bertz CT molecular complexity index is 774. The van der Waals surface area contributed by atoms with Gasteiger partial charge in [0.2, 0.25) is 0 Å². The molecule has 1 atom stereocenters. The normalized spacial score (nSPS) is 12.6. The third-order valence-corrected chi connectivity index (χ3v) is 8.17. The van der Waals surface area contributed by atoms with Crippen molar-refractivity contribution in [2.75, 3.05) is 0 Å². The van der Waals surface area contributed by atoms with Crippen LogP contribution in [0.2, 0.25) is 0 Å². The first-order chi connectivity index (χ1) is 17.2. The van der Waals surface area contributed by atoms with E-state index in [4.69, 9.17) is 5.73 Å². The maximum Gasteiger partial charge on any atom is 0.0223 e. The Morgan fingerprint density at radius 1 is 0.583 bits per heavy atom. The lowest BCUT2D eigenvalue weighted by Crippen LogP contribution is -2.45. The summed E-state index contributed by atoms with van der Waals surface area (Å²) in [5, 5.41) is 2.76. The molecule has 36 heavy (non-hydrogen) atoms. The number of fused-ring (bicyclic) bond motifs is 1. The van der Waals surface area contributed by atoms with Crippen molar-refractivity contribution >= 4 is 23.2 Å². The number of unbranched alkanes of at least 4 members (excludes halogenated alkanes) is 13. The lowest BCUT2D eigenvalue weighted by atomic mass is 9.71. The molecule has 0 aliphatic carbocycles. The second-order valence-electron chi connectivity index (χ2n) is 11.2. The number of hydrogen-bond donors (Lipinski definition) is 1. The quantitative estimate of drug-likeness (QED) is 0.164. The molecule has 0 amide bonds. The van der Waals surface area contributed by atoms with E-state index >= 15 is 0 Å². The highest BCUT2D eigenvalue weighted by atomic mass is 35.5. The molecule has 2 aromatic carbocycles. The number of halogens is 1. The molecule has 0 spiro atoms. The Morgan fingerprint density at radius 2 is 1.06 bits per heavy atom. The van der Waals surface area contributed by atoms with E-state index in [1.54, 1.807) is 0 Å². The smallest absolute Gasteiger partial charge is 0.0223 e. The molecule has 1 unspecified atom stereocenters. The summed E-state index contributed by atoms with van der Waals surface area (Å²) in [6.07, 6.45) is 25.6. The van der Waals surface area contributed by atoms with Crippen LogP contribution < -0.4 is 5.73 Å². The third kappa shape index (κ3) is 11.6. The predicted molar refractivity (Wildman–Crippen MR) is 166 cm³/mol. The van der Waals surface area contributed by atoms with Crippen LogP contribution in [0.15, 0.2) is 42.5 Å². The highest BCUT2D eigenvalue weighted by Crippen LogP contribution is 2.40. The van der Waals surface area contributed by atoms with Crippen LogP contribution in [0.1, 0.15) is 154 Å². The van der Waals surface area contributed by atoms with Crippen molar-refractivity contribution in [1.82, 2.24) is 0 Å². The van der Waals surface area contributed by atoms with Crippen LogP contribution in [0, 0.1) is 0 Å². The molecule has 2 heteroatoms. The van der Waals surface area contributed by atoms with Crippen LogP contribution in [0.25, 0.3) is 10.8 Å². The minimum Gasteiger partial charge on any atom is -0.325 e. The van der Waals surface area contributed by atoms with Crippen LogP contribution in [-0.2, 0) is 0 Å². The standard InChI is InChI=1S/C34H57N.ClH/c1-4-7-8-9-10-11-12-13-14-15-16-17-18-19-27-33(34(35,28-5-2)29-6-3)32-26-22-24-30-23-20-21-25-31(30)32;/h20-26,33H,4-19,27-29,35H2,1-3H3;1H. The monoisotopic (exact) mass is 515 g/mol. The molecule has 0 bridgehead atoms. The minimum atomic E-state index is -0.0931. The van der Waals surface area contributed by atoms with Gasteiger partial charge < -0.3 is 5.73 Å². The Morgan fingerprint density at radius 3 is 1.58 bits per heavy atom.